The highest BCUT2D eigenvalue weighted by atomic mass is 79.9. The van der Waals surface area contributed by atoms with E-state index in [1.54, 1.807) is 36.4 Å². The smallest absolute Gasteiger partial charge is 0.427 e. The maximum absolute atomic E-state index is 13.9. The summed E-state index contributed by atoms with van der Waals surface area (Å²) in [6, 6.07) is 33.7. The molecule has 0 atom stereocenters. The number of benzene rings is 6. The van der Waals surface area contributed by atoms with Crippen molar-refractivity contribution in [1.82, 2.24) is 0 Å². The Hall–Kier alpha value is -6.16. The minimum atomic E-state index is -4.41. The van der Waals surface area contributed by atoms with E-state index in [9.17, 15) is 48.4 Å². The van der Waals surface area contributed by atoms with E-state index in [4.69, 9.17) is 15.3 Å². The number of sulfonamides is 2. The quantitative estimate of drug-likeness (QED) is 0.112. The summed E-state index contributed by atoms with van der Waals surface area (Å²) in [5.74, 6) is 0.441. The number of anilines is 2. The Labute approximate surface area is 447 Å². The van der Waals surface area contributed by atoms with Crippen LogP contribution in [-0.2, 0) is 45.2 Å². The molecule has 2 N–H and O–H groups in total. The van der Waals surface area contributed by atoms with Crippen LogP contribution < -0.4 is 8.61 Å². The van der Waals surface area contributed by atoms with Crippen LogP contribution in [-0.4, -0.2) is 47.1 Å². The van der Waals surface area contributed by atoms with Crippen molar-refractivity contribution < 1.29 is 53.2 Å². The molecule has 0 radical (unpaired) electrons. The van der Waals surface area contributed by atoms with Crippen LogP contribution in [0, 0.1) is 33.5 Å². The second-order valence-corrected chi connectivity index (χ2v) is 25.8. The fourth-order valence-electron chi connectivity index (χ4n) is 9.45. The second kappa shape index (κ2) is 21.0. The highest BCUT2D eigenvalue weighted by molar-refractivity contribution is 9.10. The minimum Gasteiger partial charge on any atom is -0.427 e. The number of alkyl halides is 6. The third kappa shape index (κ3) is 12.5. The summed E-state index contributed by atoms with van der Waals surface area (Å²) in [6.07, 6.45) is -3.68. The Morgan fingerprint density at radius 1 is 0.566 bits per heavy atom. The van der Waals surface area contributed by atoms with E-state index in [0.717, 1.165) is 72.2 Å². The minimum absolute atomic E-state index is 0.0637. The number of hydrogen-bond donors (Lipinski definition) is 2. The van der Waals surface area contributed by atoms with Crippen molar-refractivity contribution in [2.45, 2.75) is 100 Å². The molecule has 396 valence electrons. The first-order chi connectivity index (χ1) is 35.5. The lowest BCUT2D eigenvalue weighted by molar-refractivity contribution is -0.138. The van der Waals surface area contributed by atoms with E-state index in [-0.39, 0.29) is 38.9 Å². The molecule has 10 rings (SSSR count). The number of fused-ring (bicyclic) bond motifs is 2. The van der Waals surface area contributed by atoms with Gasteiger partial charge in [-0.25, -0.2) is 16.8 Å². The van der Waals surface area contributed by atoms with Gasteiger partial charge in [-0.1, -0.05) is 76.9 Å². The van der Waals surface area contributed by atoms with Gasteiger partial charge in [0.05, 0.1) is 49.5 Å². The first kappa shape index (κ1) is 56.1. The molecule has 20 heteroatoms. The van der Waals surface area contributed by atoms with Crippen molar-refractivity contribution >= 4 is 54.5 Å². The average molecular weight is 1150 g/mol. The summed E-state index contributed by atoms with van der Waals surface area (Å²) < 4.78 is 136. The molecule has 76 heavy (non-hydrogen) atoms. The fourth-order valence-corrected chi connectivity index (χ4v) is 13.5. The van der Waals surface area contributed by atoms with E-state index in [1.165, 1.54) is 57.1 Å². The zero-order valence-electron chi connectivity index (χ0n) is 41.7. The molecule has 10 nitrogen and oxygen atoms in total. The van der Waals surface area contributed by atoms with E-state index < -0.39 is 50.6 Å². The molecule has 6 aromatic carbocycles. The van der Waals surface area contributed by atoms with Crippen LogP contribution in [0.15, 0.2) is 136 Å². The first-order valence-corrected chi connectivity index (χ1v) is 28.0. The summed E-state index contributed by atoms with van der Waals surface area (Å²) in [5, 5.41) is 35.1. The average Bonchev–Trinajstić information content (AvgIpc) is 4.30. The number of nitrogens with zero attached hydrogens (tertiary/aromatic N) is 4. The Kier molecular flexibility index (Phi) is 15.5. The molecular formula is C56H52BBrF6N4O6S2. The van der Waals surface area contributed by atoms with Crippen molar-refractivity contribution in [3.63, 3.8) is 0 Å². The third-order valence-electron chi connectivity index (χ3n) is 13.7. The highest BCUT2D eigenvalue weighted by Crippen LogP contribution is 2.46. The van der Waals surface area contributed by atoms with E-state index in [0.29, 0.717) is 63.1 Å². The number of hydrogen-bond acceptors (Lipinski definition) is 8. The largest absolute Gasteiger partial charge is 0.454 e. The molecule has 2 aliphatic carbocycles. The van der Waals surface area contributed by atoms with Crippen LogP contribution in [0.2, 0.25) is 5.82 Å². The van der Waals surface area contributed by atoms with Crippen LogP contribution in [0.5, 0.6) is 0 Å². The highest BCUT2D eigenvalue weighted by Gasteiger charge is 2.40. The lowest BCUT2D eigenvalue weighted by Gasteiger charge is -2.40. The topological polar surface area (TPSA) is 163 Å². The Bertz CT molecular complexity index is 3500. The summed E-state index contributed by atoms with van der Waals surface area (Å²) in [5.41, 5.74) is 4.88. The van der Waals surface area contributed by atoms with Crippen LogP contribution in [0.3, 0.4) is 0 Å². The van der Waals surface area contributed by atoms with Crippen molar-refractivity contribution in [2.24, 2.45) is 10.8 Å². The monoisotopic (exact) mass is 1140 g/mol. The Morgan fingerprint density at radius 3 is 1.30 bits per heavy atom. The first-order valence-electron chi connectivity index (χ1n) is 24.3. The van der Waals surface area contributed by atoms with Crippen molar-refractivity contribution in [3.8, 4) is 34.4 Å². The SMILES string of the molecule is CC1(C)Cc2cc(-c3ccc(C(F)(F)F)cc3)ccc2N(S(=O)(=O)c2ccc(C#N)c(Br)c2)C1.CC1(C)Cc2cc(-c3ccc(C(F)(F)F)cc3)ccc2N(S(=O)(=O)c2ccc(C#N)c(C3CC3)c2)C1.OB(O)C1CC1. The van der Waals surface area contributed by atoms with Crippen molar-refractivity contribution in [3.05, 3.63) is 165 Å². The molecule has 0 aromatic heterocycles. The fraction of sp³-hybridized carbons (Fsp3) is 0.321. The van der Waals surface area contributed by atoms with Gasteiger partial charge < -0.3 is 10.0 Å². The molecule has 6 aromatic rings. The van der Waals surface area contributed by atoms with Crippen molar-refractivity contribution in [2.75, 3.05) is 21.7 Å². The standard InChI is InChI=1S/C28H25F3N2O2S.C25H20BrF3N2O2S.C3H7BO2/c1-27(2)15-22-13-20(18-5-9-23(10-6-18)28(29,30)31)8-12-26(22)33(17-27)36(34,35)24-11-7-21(16-32)25(14-24)19-3-4-19;1-24(2)13-19-11-17(16-3-7-20(8-4-16)25(27,28)29)6-10-23(19)31(15-24)34(32,33)21-9-5-18(14-30)22(26)12-21;5-4(6)3-1-2-3/h5-14,19H,3-4,15,17H2,1-2H3;3-12H,13,15H2,1-2H3;3,5-6H,1-2H2. The van der Waals surface area contributed by atoms with Crippen LogP contribution in [0.4, 0.5) is 37.7 Å². The molecule has 0 amide bonds. The molecule has 0 bridgehead atoms. The maximum Gasteiger partial charge on any atom is 0.454 e. The molecule has 2 heterocycles. The van der Waals surface area contributed by atoms with E-state index in [2.05, 4.69) is 22.0 Å². The summed E-state index contributed by atoms with van der Waals surface area (Å²) in [4.78, 5) is 0.229. The Morgan fingerprint density at radius 2 is 0.961 bits per heavy atom. The zero-order chi connectivity index (χ0) is 55.3. The Balaban J connectivity index is 0.000000181. The van der Waals surface area contributed by atoms with Crippen LogP contribution >= 0.6 is 15.9 Å². The third-order valence-corrected chi connectivity index (χ3v) is 17.9. The number of nitriles is 2. The van der Waals surface area contributed by atoms with Crippen LogP contribution in [0.1, 0.15) is 98.2 Å². The summed E-state index contributed by atoms with van der Waals surface area (Å²) in [6.45, 7) is 8.49. The van der Waals surface area contributed by atoms with Gasteiger partial charge in [-0.05, 0) is 188 Å². The van der Waals surface area contributed by atoms with Gasteiger partial charge in [-0.15, -0.1) is 0 Å². The van der Waals surface area contributed by atoms with Gasteiger partial charge in [0, 0.05) is 17.6 Å². The molecule has 2 saturated carbocycles. The molecule has 2 aliphatic heterocycles. The van der Waals surface area contributed by atoms with Gasteiger partial charge >= 0.3 is 19.5 Å². The normalized spacial score (nSPS) is 16.8. The van der Waals surface area contributed by atoms with Gasteiger partial charge in [-0.3, -0.25) is 8.61 Å². The van der Waals surface area contributed by atoms with E-state index >= 15 is 0 Å². The predicted molar refractivity (Wildman–Crippen MR) is 283 cm³/mol. The van der Waals surface area contributed by atoms with Crippen LogP contribution in [0.25, 0.3) is 22.3 Å². The molecule has 0 unspecified atom stereocenters. The molecule has 0 saturated heterocycles. The van der Waals surface area contributed by atoms with Crippen molar-refractivity contribution in [1.29, 1.82) is 10.5 Å². The van der Waals surface area contributed by atoms with Gasteiger partial charge in [0.25, 0.3) is 20.0 Å². The molecule has 2 fully saturated rings. The number of halogens is 7. The van der Waals surface area contributed by atoms with Gasteiger partial charge in [0.15, 0.2) is 0 Å². The summed E-state index contributed by atoms with van der Waals surface area (Å²) >= 11 is 3.25. The second-order valence-electron chi connectivity index (χ2n) is 21.2. The molecular weight excluding hydrogens is 1090 g/mol. The van der Waals surface area contributed by atoms with Gasteiger partial charge in [0.1, 0.15) is 6.07 Å². The summed E-state index contributed by atoms with van der Waals surface area (Å²) in [7, 11) is -8.86. The maximum atomic E-state index is 13.9. The zero-order valence-corrected chi connectivity index (χ0v) is 44.9. The molecule has 4 aliphatic rings. The molecule has 0 spiro atoms. The van der Waals surface area contributed by atoms with Gasteiger partial charge in [-0.2, -0.15) is 36.9 Å². The predicted octanol–water partition coefficient (Wildman–Crippen LogP) is 13.3. The lowest BCUT2D eigenvalue weighted by atomic mass is 9.81. The number of rotatable bonds is 8. The lowest BCUT2D eigenvalue weighted by Crippen LogP contribution is -2.44. The van der Waals surface area contributed by atoms with Gasteiger partial charge in [0.2, 0.25) is 0 Å². The van der Waals surface area contributed by atoms with E-state index in [1.807, 2.05) is 45.9 Å².